The monoisotopic (exact) mass is 2270 g/mol. The van der Waals surface area contributed by atoms with Gasteiger partial charge < -0.3 is 161 Å². The first kappa shape index (κ1) is 274. The largest absolute Gasteiger partial charge is 2.00 e. The molecule has 2 aromatic heterocycles. The van der Waals surface area contributed by atoms with Crippen LogP contribution in [0.3, 0.4) is 0 Å². The SMILES string of the molecule is CCCC[N+](CCCC)(CCCC)CCCC.CCCC[N+](CCCC)(CCCC)CCCC.CN(C)C=O.CN(C)C=O.Clc1cccnc1.Clc1cccnc1.[Ag+].[Ag+].[Mo].[Mo].[Mo].[Mo].[Mo].[Mo].[Mo].[Mo].[O-2].[O-2].[O-2].[O-2].[O-2].[O-2].[O-2].[O-2].[O-2].[O-2].[O-2].[O-2].[O-2].[O-2].[O-2].[O-2].[O-2].[O-2].[O-2].[O-2].[O-2].[O-2].[O-2].[O-2].[O-2].[O-2]. The van der Waals surface area contributed by atoms with E-state index < -0.39 is 0 Å². The number of aromatic nitrogens is 2. The number of pyridine rings is 2. The summed E-state index contributed by atoms with van der Waals surface area (Å²) in [7, 11) is 6.75. The van der Waals surface area contributed by atoms with E-state index in [1.807, 2.05) is 0 Å². The van der Waals surface area contributed by atoms with Crippen LogP contribution in [0.25, 0.3) is 0 Å². The topological polar surface area (TPSA) is 807 Å². The third-order valence-corrected chi connectivity index (χ3v) is 10.0. The zero-order valence-corrected chi connectivity index (χ0v) is 75.0. The minimum Gasteiger partial charge on any atom is -2.00 e. The van der Waals surface area contributed by atoms with Crippen molar-refractivity contribution in [3.63, 3.8) is 0 Å². The fourth-order valence-corrected chi connectivity index (χ4v) is 6.23. The molecule has 0 radical (unpaired) electrons. The van der Waals surface area contributed by atoms with Gasteiger partial charge in [-0.3, -0.25) is 19.6 Å². The van der Waals surface area contributed by atoms with E-state index in [-0.39, 0.29) is 356 Å². The van der Waals surface area contributed by atoms with Crippen molar-refractivity contribution < 1.29 is 374 Å². The third kappa shape index (κ3) is 212. The van der Waals surface area contributed by atoms with E-state index in [0.717, 1.165) is 12.8 Å². The van der Waals surface area contributed by atoms with Crippen molar-refractivity contribution in [2.24, 2.45) is 0 Å². The van der Waals surface area contributed by atoms with Gasteiger partial charge in [0.2, 0.25) is 12.8 Å². The molecule has 2 aromatic rings. The van der Waals surface area contributed by atoms with Gasteiger partial charge in [-0.15, -0.1) is 0 Å². The summed E-state index contributed by atoms with van der Waals surface area (Å²) in [5.74, 6) is 0. The number of carbonyl (C=O) groups excluding carboxylic acids is 2. The summed E-state index contributed by atoms with van der Waals surface area (Å²) in [4.78, 5) is 29.3. The Morgan fingerprint density at radius 2 is 0.426 bits per heavy atom. The molecule has 0 aromatic carbocycles. The standard InChI is InChI=1S/2C16H36N.2C5H4ClN.2C3H7NO.2Ag.8Mo.26O/c2*1-5-9-13-17(14-10-6-2,15-11-7-3)16-12-8-4;2*6-5-2-1-3-7-4-5;2*1-4(2)3-5;;;;;;;;;;;;;;;;;;;;;;;;;;;;;;;;;;;;/h2*5-16H2,1-4H3;2*1-4H;2*3H,1-2H3;;;;;;;;;;;;;;;;;;;;;;;;;;;;;;;;;;;;/q2*+1;;;;;2*+1;;;;;;;;;26*-2. The first-order valence-electron chi connectivity index (χ1n) is 22.9. The number of quaternary nitrogens is 2. The summed E-state index contributed by atoms with van der Waals surface area (Å²) < 4.78 is 2.84. The Morgan fingerprint density at radius 3 is 0.479 bits per heavy atom. The maximum Gasteiger partial charge on any atom is 1.00 e. The van der Waals surface area contributed by atoms with Gasteiger partial charge in [0.15, 0.2) is 0 Å². The second kappa shape index (κ2) is 218. The fraction of sp³-hybridized carbons (Fsp3) is 0.750. The predicted octanol–water partition coefficient (Wildman–Crippen LogP) is 9.77. The van der Waals surface area contributed by atoms with E-state index in [9.17, 15) is 9.59 Å². The number of rotatable bonds is 26. The molecule has 0 aliphatic heterocycles. The van der Waals surface area contributed by atoms with E-state index in [2.05, 4.69) is 65.4 Å². The number of hydrogen-bond acceptors (Lipinski definition) is 4. The Labute approximate surface area is 719 Å². The van der Waals surface area contributed by atoms with E-state index in [4.69, 9.17) is 23.2 Å². The van der Waals surface area contributed by atoms with Gasteiger partial charge in [0.25, 0.3) is 0 Å². The Kier molecular flexibility index (Phi) is 637. The molecule has 616 valence electrons. The minimum atomic E-state index is 0. The molecule has 0 atom stereocenters. The van der Waals surface area contributed by atoms with Gasteiger partial charge in [-0.2, -0.15) is 0 Å². The third-order valence-electron chi connectivity index (χ3n) is 9.56. The Balaban J connectivity index is -0.00000000947. The van der Waals surface area contributed by atoms with Crippen molar-refractivity contribution in [1.29, 1.82) is 0 Å². The van der Waals surface area contributed by atoms with E-state index in [1.165, 1.54) is 174 Å². The molecule has 0 saturated carbocycles. The molecule has 2 heterocycles. The summed E-state index contributed by atoms with van der Waals surface area (Å²) in [5, 5.41) is 1.37. The summed E-state index contributed by atoms with van der Waals surface area (Å²) in [6.07, 6.45) is 30.2. The molecule has 34 nitrogen and oxygen atoms in total. The molecule has 0 N–H and O–H groups in total. The maximum absolute atomic E-state index is 9.43. The minimum absolute atomic E-state index is 0. The number of halogens is 2. The van der Waals surface area contributed by atoms with Crippen molar-refractivity contribution in [3.05, 3.63) is 59.1 Å². The fourth-order valence-electron chi connectivity index (χ4n) is 5.97. The first-order chi connectivity index (χ1) is 27.8. The molecule has 0 spiro atoms. The smallest absolute Gasteiger partial charge is 1.00 e. The average Bonchev–Trinajstić information content (AvgIpc) is 3.24. The molecule has 2 amide bonds. The predicted molar refractivity (Wildman–Crippen MR) is 275 cm³/mol. The van der Waals surface area contributed by atoms with Crippen LogP contribution in [-0.4, -0.2) is 122 Å². The average molecular weight is 2260 g/mol. The van der Waals surface area contributed by atoms with Crippen LogP contribution in [0.1, 0.15) is 158 Å². The number of carbonyl (C=O) groups is 2. The zero-order valence-electron chi connectivity index (χ0n) is 54.5. The van der Waals surface area contributed by atoms with Crippen molar-refractivity contribution in [3.8, 4) is 0 Å². The van der Waals surface area contributed by atoms with Gasteiger partial charge in [-0.25, -0.2) is 0 Å². The molecule has 0 unspecified atom stereocenters. The van der Waals surface area contributed by atoms with Crippen LogP contribution in [0.15, 0.2) is 49.1 Å². The number of nitrogens with zero attached hydrogens (tertiary/aromatic N) is 6. The van der Waals surface area contributed by atoms with E-state index >= 15 is 0 Å². The second-order valence-corrected chi connectivity index (χ2v) is 16.7. The molecular formula is C48H94Ag2Cl2Mo8N6O28-48. The van der Waals surface area contributed by atoms with Crippen molar-refractivity contribution in [2.45, 2.75) is 158 Å². The number of hydrogen-bond donors (Lipinski definition) is 0. The molecule has 0 aliphatic carbocycles. The van der Waals surface area contributed by atoms with Gasteiger partial charge >= 0.3 is 44.8 Å². The van der Waals surface area contributed by atoms with Gasteiger partial charge in [-0.05, 0) is 75.6 Å². The summed E-state index contributed by atoms with van der Waals surface area (Å²) >= 11 is 11.0. The molecule has 94 heavy (non-hydrogen) atoms. The summed E-state index contributed by atoms with van der Waals surface area (Å²) in [6.45, 7) is 30.0. The quantitative estimate of drug-likeness (QED) is 0.0504. The van der Waals surface area contributed by atoms with Crippen LogP contribution in [0, 0.1) is 0 Å². The molecule has 0 fully saturated rings. The van der Waals surface area contributed by atoms with Gasteiger partial charge in [0.1, 0.15) is 0 Å². The van der Waals surface area contributed by atoms with Crippen LogP contribution in [0.2, 0.25) is 10.0 Å². The van der Waals surface area contributed by atoms with E-state index in [0.29, 0.717) is 10.0 Å². The summed E-state index contributed by atoms with van der Waals surface area (Å²) in [6, 6.07) is 7.16. The zero-order chi connectivity index (χ0) is 44.8. The molecule has 0 saturated heterocycles. The normalized spacial score (nSPS) is 6.36. The van der Waals surface area contributed by atoms with Crippen molar-refractivity contribution in [1.82, 2.24) is 19.8 Å². The first-order valence-corrected chi connectivity index (χ1v) is 23.6. The molecule has 2 rings (SSSR count). The second-order valence-electron chi connectivity index (χ2n) is 15.8. The van der Waals surface area contributed by atoms with E-state index in [1.54, 1.807) is 77.2 Å². The molecule has 0 aliphatic rings. The van der Waals surface area contributed by atoms with Crippen LogP contribution < -0.4 is 0 Å². The maximum atomic E-state index is 9.43. The Bertz CT molecular complexity index is 1040. The molecular weight excluding hydrogens is 2160 g/mol. The molecule has 46 heteroatoms. The summed E-state index contributed by atoms with van der Waals surface area (Å²) in [5.41, 5.74) is 0. The van der Waals surface area contributed by atoms with Gasteiger partial charge in [0.05, 0.1) is 62.4 Å². The van der Waals surface area contributed by atoms with Crippen LogP contribution >= 0.6 is 23.2 Å². The van der Waals surface area contributed by atoms with Crippen LogP contribution in [0.5, 0.6) is 0 Å². The Morgan fingerprint density at radius 1 is 0.309 bits per heavy atom. The van der Waals surface area contributed by atoms with Gasteiger partial charge in [-0.1, -0.05) is 130 Å². The van der Waals surface area contributed by atoms with Crippen LogP contribution in [-0.2, 0) is 365 Å². The van der Waals surface area contributed by atoms with Crippen LogP contribution in [0.4, 0.5) is 0 Å². The molecule has 0 bridgehead atoms. The number of unbranched alkanes of at least 4 members (excludes halogenated alkanes) is 8. The number of amides is 2. The van der Waals surface area contributed by atoms with Gasteiger partial charge in [0, 0.05) is 222 Å². The van der Waals surface area contributed by atoms with Crippen molar-refractivity contribution in [2.75, 3.05) is 80.5 Å². The Hall–Kier alpha value is 3.69. The van der Waals surface area contributed by atoms with Crippen molar-refractivity contribution >= 4 is 36.0 Å².